The number of fused-ring (bicyclic) bond motifs is 21. The van der Waals surface area contributed by atoms with Crippen LogP contribution in [0.4, 0.5) is 0 Å². The molecular weight excluding hydrogens is 896 g/mol. The molecule has 8 unspecified atom stereocenters. The quantitative estimate of drug-likeness (QED) is 0.135. The molecule has 25 rings (SSSR count). The van der Waals surface area contributed by atoms with Crippen LogP contribution in [0.2, 0.25) is 0 Å². The summed E-state index contributed by atoms with van der Waals surface area (Å²) in [4.78, 5) is 0. The highest BCUT2D eigenvalue weighted by atomic mass is 15.2. The zero-order chi connectivity index (χ0) is 47.9. The third-order valence-corrected chi connectivity index (χ3v) is 28.2. The zero-order valence-corrected chi connectivity index (χ0v) is 45.2. The Kier molecular flexibility index (Phi) is 6.49. The molecule has 6 heterocycles. The van der Waals surface area contributed by atoms with Crippen molar-refractivity contribution in [3.05, 3.63) is 85.7 Å². The molecule has 74 heavy (non-hydrogen) atoms. The molecule has 4 aromatic heterocycles. The predicted octanol–water partition coefficient (Wildman–Crippen LogP) is 14.9. The zero-order valence-electron chi connectivity index (χ0n) is 45.2. The van der Waals surface area contributed by atoms with Crippen LogP contribution >= 0.6 is 0 Å². The number of nitrogens with zero attached hydrogens (tertiary/aromatic N) is 4. The van der Waals surface area contributed by atoms with Crippen LogP contribution in [-0.4, -0.2) is 24.6 Å². The number of aromatic nitrogens is 4. The van der Waals surface area contributed by atoms with Gasteiger partial charge in [-0.15, -0.1) is 0 Å². The smallest absolute Gasteiger partial charge is 0.257 e. The lowest BCUT2D eigenvalue weighted by Gasteiger charge is -2.54. The second-order valence-electron chi connectivity index (χ2n) is 31.9. The van der Waals surface area contributed by atoms with E-state index in [1.807, 2.05) is 27.6 Å². The summed E-state index contributed by atoms with van der Waals surface area (Å²) in [5.41, 5.74) is 39.3. The van der Waals surface area contributed by atoms with Gasteiger partial charge in [-0.2, -0.15) is 0 Å². The molecule has 8 atom stereocenters. The fraction of sp³-hybridized carbons (Fsp3) is 0.623. The first-order valence-corrected chi connectivity index (χ1v) is 31.7. The Morgan fingerprint density at radius 3 is 1.32 bits per heavy atom. The first-order valence-electron chi connectivity index (χ1n) is 31.7. The lowest BCUT2D eigenvalue weighted by atomic mass is 9.31. The molecule has 1 spiro atoms. The maximum Gasteiger partial charge on any atom is 0.257 e. The van der Waals surface area contributed by atoms with E-state index in [-0.39, 0.29) is 23.0 Å². The largest absolute Gasteiger partial charge is 0.298 e. The number of hydrogen-bond donors (Lipinski definition) is 0. The highest BCUT2D eigenvalue weighted by Crippen LogP contribution is 2.76. The van der Waals surface area contributed by atoms with Gasteiger partial charge in [0.15, 0.2) is 0 Å². The van der Waals surface area contributed by atoms with Crippen molar-refractivity contribution in [2.24, 2.45) is 29.1 Å². The van der Waals surface area contributed by atoms with Gasteiger partial charge in [0, 0.05) is 22.8 Å². The SMILES string of the molecule is CC1(C)CCC2(C)CCC(C)(C)c3c4c5c(c1c32)-n1c2cc3c(cc2n2c6c(c(c12)B5c1c2c(n5c7cc8c(cc7n-4c15)C1CC4CC5CC8CC45C1)C1CCC2CC1)C1CCC6CC1)C1CC2CC(CC3C2)C1. The van der Waals surface area contributed by atoms with E-state index in [0.29, 0.717) is 29.1 Å². The highest BCUT2D eigenvalue weighted by molar-refractivity contribution is 7.00. The fourth-order valence-electron chi connectivity index (χ4n) is 25.4. The molecule has 18 aliphatic rings. The third-order valence-electron chi connectivity index (χ3n) is 28.2. The van der Waals surface area contributed by atoms with Gasteiger partial charge in [-0.05, 0) is 325 Å². The Bertz CT molecular complexity index is 3940. The highest BCUT2D eigenvalue weighted by Gasteiger charge is 2.66. The second kappa shape index (κ2) is 12.0. The van der Waals surface area contributed by atoms with Gasteiger partial charge in [0.1, 0.15) is 11.3 Å². The van der Waals surface area contributed by atoms with E-state index in [1.54, 1.807) is 95.0 Å². The molecule has 0 radical (unpaired) electrons. The van der Waals surface area contributed by atoms with Gasteiger partial charge in [0.25, 0.3) is 6.71 Å². The fourth-order valence-corrected chi connectivity index (χ4v) is 25.4. The Hall–Kier alpha value is -4.12. The minimum absolute atomic E-state index is 0.0646. The van der Waals surface area contributed by atoms with E-state index >= 15 is 0 Å². The Morgan fingerprint density at radius 1 is 0.419 bits per heavy atom. The van der Waals surface area contributed by atoms with Crippen LogP contribution in [0.5, 0.6) is 0 Å². The van der Waals surface area contributed by atoms with Crippen molar-refractivity contribution in [3.63, 3.8) is 0 Å². The molecule has 7 fully saturated rings. The van der Waals surface area contributed by atoms with E-state index < -0.39 is 0 Å². The summed E-state index contributed by atoms with van der Waals surface area (Å²) < 4.78 is 12.4. The average Bonchev–Trinajstić information content (AvgIpc) is 4.39. The lowest BCUT2D eigenvalue weighted by Crippen LogP contribution is -2.63. The lowest BCUT2D eigenvalue weighted by molar-refractivity contribution is 0.00322. The number of rotatable bonds is 0. The van der Waals surface area contributed by atoms with E-state index in [0.717, 1.165) is 47.3 Å². The van der Waals surface area contributed by atoms with Crippen LogP contribution in [0.25, 0.3) is 44.7 Å². The summed E-state index contributed by atoms with van der Waals surface area (Å²) in [6.45, 7) is 14.0. The summed E-state index contributed by atoms with van der Waals surface area (Å²) in [5, 5.41) is 0. The van der Waals surface area contributed by atoms with Crippen LogP contribution in [0.1, 0.15) is 285 Å². The van der Waals surface area contributed by atoms with Crippen molar-refractivity contribution in [2.45, 2.75) is 239 Å². The Balaban J connectivity index is 0.975. The van der Waals surface area contributed by atoms with Gasteiger partial charge in [0.05, 0.1) is 22.1 Å². The molecule has 0 amide bonds. The number of imidazole rings is 2. The Labute approximate surface area is 437 Å². The molecule has 16 aliphatic carbocycles. The van der Waals surface area contributed by atoms with Crippen molar-refractivity contribution in [1.29, 1.82) is 0 Å². The first-order chi connectivity index (χ1) is 35.9. The minimum Gasteiger partial charge on any atom is -0.298 e. The topological polar surface area (TPSA) is 18.7 Å². The molecule has 7 aromatic rings. The van der Waals surface area contributed by atoms with Crippen molar-refractivity contribution >= 4 is 56.5 Å². The summed E-state index contributed by atoms with van der Waals surface area (Å²) in [5.74, 6) is 9.58. The van der Waals surface area contributed by atoms with Crippen LogP contribution in [0.3, 0.4) is 0 Å². The molecule has 0 saturated heterocycles. The van der Waals surface area contributed by atoms with Gasteiger partial charge in [-0.1, -0.05) is 34.6 Å². The van der Waals surface area contributed by atoms with Gasteiger partial charge in [-0.3, -0.25) is 17.9 Å². The van der Waals surface area contributed by atoms with E-state index in [4.69, 9.17) is 0 Å². The van der Waals surface area contributed by atoms with Gasteiger partial charge in [0.2, 0.25) is 0 Å². The van der Waals surface area contributed by atoms with Crippen molar-refractivity contribution in [2.75, 3.05) is 0 Å². The summed E-state index contributed by atoms with van der Waals surface area (Å²) in [6.07, 6.45) is 31.0. The van der Waals surface area contributed by atoms with Gasteiger partial charge in [-0.25, -0.2) is 0 Å². The Morgan fingerprint density at radius 2 is 0.851 bits per heavy atom. The second-order valence-corrected chi connectivity index (χ2v) is 31.9. The molecule has 3 aromatic carbocycles. The molecule has 2 aliphatic heterocycles. The maximum absolute atomic E-state index is 3.14. The molecule has 7 saturated carbocycles. The molecule has 0 N–H and O–H groups in total. The van der Waals surface area contributed by atoms with E-state index in [1.165, 1.54) is 141 Å². The van der Waals surface area contributed by atoms with Crippen LogP contribution in [0.15, 0.2) is 24.3 Å². The van der Waals surface area contributed by atoms with Crippen LogP contribution in [-0.2, 0) is 16.2 Å². The predicted molar refractivity (Wildman–Crippen MR) is 300 cm³/mol. The average molecular weight is 971 g/mol. The third kappa shape index (κ3) is 4.05. The van der Waals surface area contributed by atoms with E-state index in [9.17, 15) is 0 Å². The molecule has 4 nitrogen and oxygen atoms in total. The van der Waals surface area contributed by atoms with Crippen molar-refractivity contribution < 1.29 is 0 Å². The molecule has 11 bridgehead atoms. The van der Waals surface area contributed by atoms with Gasteiger partial charge >= 0.3 is 0 Å². The number of hydrogen-bond acceptors (Lipinski definition) is 0. The van der Waals surface area contributed by atoms with Gasteiger partial charge < -0.3 is 0 Å². The molecule has 374 valence electrons. The maximum atomic E-state index is 3.14. The monoisotopic (exact) mass is 971 g/mol. The summed E-state index contributed by atoms with van der Waals surface area (Å²) >= 11 is 0. The molecular formula is C69H75BN4. The summed E-state index contributed by atoms with van der Waals surface area (Å²) in [7, 11) is 0. The van der Waals surface area contributed by atoms with Crippen molar-refractivity contribution in [3.8, 4) is 11.4 Å². The standard InChI is InChI=1S/C69H75BN4/c1-66(2)14-16-68(5)17-15-67(3,4)56-54(68)55(66)62-59-63(56)74-51-29-47-41-24-43-25-42-23-40(30-69(42,43)31-41)46(47)28-49(51)72-61-37-12-8-35(9-13-37)53(61)58(65(72)74)70(59)57-52-34-6-10-36(11-7-34)60(52)71-48-26-44-38-19-32-18-33(20-38)22-39(21-32)45(44)27-50(48)73(62)64(57)71/h26-29,32-43H,6-25,30-31H2,1-5H3. The van der Waals surface area contributed by atoms with Crippen molar-refractivity contribution in [1.82, 2.24) is 17.9 Å². The van der Waals surface area contributed by atoms with E-state index in [2.05, 4.69) is 76.8 Å². The summed E-state index contributed by atoms with van der Waals surface area (Å²) in [6, 6.07) is 11.7. The molecule has 5 heteroatoms. The minimum atomic E-state index is 0.0646. The first kappa shape index (κ1) is 40.1. The number of benzene rings is 3. The van der Waals surface area contributed by atoms with Crippen LogP contribution < -0.4 is 16.4 Å². The normalized spacial score (nSPS) is 39.9. The van der Waals surface area contributed by atoms with Crippen LogP contribution in [0, 0.1) is 29.1 Å².